The molecule has 1 aromatic rings. The van der Waals surface area contributed by atoms with Crippen molar-refractivity contribution in [3.8, 4) is 0 Å². The van der Waals surface area contributed by atoms with Crippen LogP contribution in [0, 0.1) is 0 Å². The number of halogens is 1. The van der Waals surface area contributed by atoms with Crippen LogP contribution in [0.25, 0.3) is 0 Å². The summed E-state index contributed by atoms with van der Waals surface area (Å²) in [6.07, 6.45) is 0. The maximum absolute atomic E-state index is 10.4. The van der Waals surface area contributed by atoms with E-state index in [-0.39, 0.29) is 6.54 Å². The lowest BCUT2D eigenvalue weighted by atomic mass is 10.3. The molecular formula is C9H11ClN2O2. The molecule has 0 aliphatic rings. The van der Waals surface area contributed by atoms with Gasteiger partial charge >= 0.3 is 5.97 Å². The summed E-state index contributed by atoms with van der Waals surface area (Å²) in [5.41, 5.74) is 6.07. The summed E-state index contributed by atoms with van der Waals surface area (Å²) in [5, 5.41) is 12.0. The minimum Gasteiger partial charge on any atom is -0.480 e. The van der Waals surface area contributed by atoms with Crippen molar-refractivity contribution in [2.75, 3.05) is 11.9 Å². The number of benzene rings is 1. The number of carbonyl (C=O) groups is 1. The SMILES string of the molecule is NC(CNc1cccc(Cl)c1)C(=O)O. The van der Waals surface area contributed by atoms with Gasteiger partial charge in [-0.1, -0.05) is 17.7 Å². The molecule has 0 amide bonds. The maximum Gasteiger partial charge on any atom is 0.322 e. The van der Waals surface area contributed by atoms with Gasteiger partial charge in [-0.15, -0.1) is 0 Å². The molecule has 0 saturated heterocycles. The summed E-state index contributed by atoms with van der Waals surface area (Å²) in [6.45, 7) is 0.176. The van der Waals surface area contributed by atoms with Crippen LogP contribution in [-0.4, -0.2) is 23.7 Å². The molecule has 0 saturated carbocycles. The van der Waals surface area contributed by atoms with Gasteiger partial charge in [0, 0.05) is 17.3 Å². The number of carboxylic acid groups (broad SMARTS) is 1. The Morgan fingerprint density at radius 3 is 2.93 bits per heavy atom. The van der Waals surface area contributed by atoms with Crippen molar-refractivity contribution in [1.82, 2.24) is 0 Å². The first-order chi connectivity index (χ1) is 6.59. The molecule has 0 bridgehead atoms. The zero-order chi connectivity index (χ0) is 10.6. The summed E-state index contributed by atoms with van der Waals surface area (Å²) >= 11 is 5.74. The van der Waals surface area contributed by atoms with Gasteiger partial charge < -0.3 is 16.2 Å². The van der Waals surface area contributed by atoms with Crippen LogP contribution >= 0.6 is 11.6 Å². The van der Waals surface area contributed by atoms with Gasteiger partial charge in [0.25, 0.3) is 0 Å². The molecule has 1 unspecified atom stereocenters. The van der Waals surface area contributed by atoms with E-state index in [1.165, 1.54) is 0 Å². The average molecular weight is 215 g/mol. The molecule has 0 aliphatic heterocycles. The fourth-order valence-corrected chi connectivity index (χ4v) is 1.10. The maximum atomic E-state index is 10.4. The van der Waals surface area contributed by atoms with Crippen molar-refractivity contribution in [3.05, 3.63) is 29.3 Å². The van der Waals surface area contributed by atoms with Crippen molar-refractivity contribution < 1.29 is 9.90 Å². The largest absolute Gasteiger partial charge is 0.480 e. The molecule has 0 radical (unpaired) electrons. The van der Waals surface area contributed by atoms with Crippen molar-refractivity contribution in [1.29, 1.82) is 0 Å². The van der Waals surface area contributed by atoms with E-state index in [2.05, 4.69) is 5.32 Å². The molecule has 0 fully saturated rings. The van der Waals surface area contributed by atoms with E-state index >= 15 is 0 Å². The molecule has 0 spiro atoms. The normalized spacial score (nSPS) is 12.1. The summed E-state index contributed by atoms with van der Waals surface area (Å²) in [5.74, 6) is -1.03. The number of nitrogens with one attached hydrogen (secondary N) is 1. The van der Waals surface area contributed by atoms with Crippen molar-refractivity contribution in [2.45, 2.75) is 6.04 Å². The van der Waals surface area contributed by atoms with Crippen molar-refractivity contribution in [2.24, 2.45) is 5.73 Å². The number of hydrogen-bond donors (Lipinski definition) is 3. The van der Waals surface area contributed by atoms with E-state index in [1.807, 2.05) is 0 Å². The highest BCUT2D eigenvalue weighted by Gasteiger charge is 2.10. The van der Waals surface area contributed by atoms with E-state index in [1.54, 1.807) is 24.3 Å². The lowest BCUT2D eigenvalue weighted by molar-refractivity contribution is -0.138. The number of nitrogens with two attached hydrogens (primary N) is 1. The Labute approximate surface area is 86.7 Å². The Morgan fingerprint density at radius 2 is 2.36 bits per heavy atom. The number of anilines is 1. The van der Waals surface area contributed by atoms with Gasteiger partial charge in [0.05, 0.1) is 0 Å². The number of carboxylic acids is 1. The molecular weight excluding hydrogens is 204 g/mol. The first kappa shape index (κ1) is 10.8. The van der Waals surface area contributed by atoms with Crippen LogP contribution in [0.3, 0.4) is 0 Å². The highest BCUT2D eigenvalue weighted by Crippen LogP contribution is 2.14. The van der Waals surface area contributed by atoms with Crippen LogP contribution < -0.4 is 11.1 Å². The monoisotopic (exact) mass is 214 g/mol. The standard InChI is InChI=1S/C9H11ClN2O2/c10-6-2-1-3-7(4-6)12-5-8(11)9(13)14/h1-4,8,12H,5,11H2,(H,13,14). The highest BCUT2D eigenvalue weighted by molar-refractivity contribution is 6.30. The van der Waals surface area contributed by atoms with Gasteiger partial charge in [-0.2, -0.15) is 0 Å². The Balaban J connectivity index is 2.49. The second-order valence-electron chi connectivity index (χ2n) is 2.84. The van der Waals surface area contributed by atoms with Crippen LogP contribution in [-0.2, 0) is 4.79 Å². The first-order valence-electron chi connectivity index (χ1n) is 4.07. The number of hydrogen-bond acceptors (Lipinski definition) is 3. The number of aliphatic carboxylic acids is 1. The molecule has 4 N–H and O–H groups in total. The molecule has 5 heteroatoms. The summed E-state index contributed by atoms with van der Waals surface area (Å²) in [6, 6.07) is 6.10. The molecule has 1 atom stereocenters. The quantitative estimate of drug-likeness (QED) is 0.703. The summed E-state index contributed by atoms with van der Waals surface area (Å²) in [7, 11) is 0. The van der Waals surface area contributed by atoms with Gasteiger partial charge in [0.2, 0.25) is 0 Å². The fourth-order valence-electron chi connectivity index (χ4n) is 0.914. The Hall–Kier alpha value is -1.26. The molecule has 1 rings (SSSR count). The fraction of sp³-hybridized carbons (Fsp3) is 0.222. The average Bonchev–Trinajstić information content (AvgIpc) is 2.14. The Bertz CT molecular complexity index is 330. The lowest BCUT2D eigenvalue weighted by Crippen LogP contribution is -2.36. The van der Waals surface area contributed by atoms with Crippen molar-refractivity contribution in [3.63, 3.8) is 0 Å². The second-order valence-corrected chi connectivity index (χ2v) is 3.27. The Kier molecular flexibility index (Phi) is 3.73. The molecule has 76 valence electrons. The molecule has 0 heterocycles. The molecule has 14 heavy (non-hydrogen) atoms. The van der Waals surface area contributed by atoms with Gasteiger partial charge in [0.15, 0.2) is 0 Å². The Morgan fingerprint density at radius 1 is 1.64 bits per heavy atom. The number of rotatable bonds is 4. The summed E-state index contributed by atoms with van der Waals surface area (Å²) < 4.78 is 0. The van der Waals surface area contributed by atoms with E-state index in [0.717, 1.165) is 5.69 Å². The van der Waals surface area contributed by atoms with Crippen LogP contribution in [0.2, 0.25) is 5.02 Å². The zero-order valence-corrected chi connectivity index (χ0v) is 8.16. The predicted molar refractivity (Wildman–Crippen MR) is 55.6 cm³/mol. The minimum atomic E-state index is -1.03. The minimum absolute atomic E-state index is 0.176. The first-order valence-corrected chi connectivity index (χ1v) is 4.45. The third-order valence-electron chi connectivity index (χ3n) is 1.67. The lowest BCUT2D eigenvalue weighted by Gasteiger charge is -2.09. The molecule has 4 nitrogen and oxygen atoms in total. The van der Waals surface area contributed by atoms with Gasteiger partial charge in [-0.05, 0) is 18.2 Å². The molecule has 0 aromatic heterocycles. The zero-order valence-electron chi connectivity index (χ0n) is 7.40. The van der Waals surface area contributed by atoms with Crippen LogP contribution in [0.1, 0.15) is 0 Å². The van der Waals surface area contributed by atoms with Gasteiger partial charge in [-0.3, -0.25) is 4.79 Å². The summed E-state index contributed by atoms with van der Waals surface area (Å²) in [4.78, 5) is 10.4. The van der Waals surface area contributed by atoms with Gasteiger partial charge in [0.1, 0.15) is 6.04 Å². The van der Waals surface area contributed by atoms with E-state index in [0.29, 0.717) is 5.02 Å². The second kappa shape index (κ2) is 4.83. The van der Waals surface area contributed by atoms with Gasteiger partial charge in [-0.25, -0.2) is 0 Å². The van der Waals surface area contributed by atoms with Crippen molar-refractivity contribution >= 4 is 23.3 Å². The smallest absolute Gasteiger partial charge is 0.322 e. The van der Waals surface area contributed by atoms with Crippen LogP contribution in [0.4, 0.5) is 5.69 Å². The third-order valence-corrected chi connectivity index (χ3v) is 1.90. The molecule has 1 aromatic carbocycles. The van der Waals surface area contributed by atoms with E-state index in [4.69, 9.17) is 22.4 Å². The molecule has 0 aliphatic carbocycles. The van der Waals surface area contributed by atoms with E-state index in [9.17, 15) is 4.79 Å². The van der Waals surface area contributed by atoms with E-state index < -0.39 is 12.0 Å². The topological polar surface area (TPSA) is 75.3 Å². The third kappa shape index (κ3) is 3.24. The van der Waals surface area contributed by atoms with Crippen LogP contribution in [0.15, 0.2) is 24.3 Å². The van der Waals surface area contributed by atoms with Crippen LogP contribution in [0.5, 0.6) is 0 Å². The highest BCUT2D eigenvalue weighted by atomic mass is 35.5. The predicted octanol–water partition coefficient (Wildman–Crippen LogP) is 1.16.